The lowest BCUT2D eigenvalue weighted by Crippen LogP contribution is -2.40. The van der Waals surface area contributed by atoms with Gasteiger partial charge in [-0.25, -0.2) is 8.42 Å². The lowest BCUT2D eigenvalue weighted by molar-refractivity contribution is 0.0730. The minimum atomic E-state index is -3.61. The van der Waals surface area contributed by atoms with Gasteiger partial charge in [-0.3, -0.25) is 4.79 Å². The number of carbonyl (C=O) groups excluding carboxylic acids is 1. The third-order valence-electron chi connectivity index (χ3n) is 4.52. The Morgan fingerprint density at radius 1 is 1.11 bits per heavy atom. The van der Waals surface area contributed by atoms with Crippen LogP contribution in [0.25, 0.3) is 0 Å². The van der Waals surface area contributed by atoms with Crippen LogP contribution in [0.5, 0.6) is 0 Å². The predicted molar refractivity (Wildman–Crippen MR) is 111 cm³/mol. The molecule has 1 saturated heterocycles. The summed E-state index contributed by atoms with van der Waals surface area (Å²) < 4.78 is 33.1. The molecule has 0 atom stereocenters. The Hall–Kier alpha value is -1.74. The summed E-state index contributed by atoms with van der Waals surface area (Å²) in [6.07, 6.45) is 1.65. The standard InChI is InChI=1S/C20H23BrN2O4S/c21-18-7-1-4-16(14-18)5-3-9-22-20(24)17-6-2-8-19(15-17)28(25,26)23-10-12-27-13-11-23/h1-2,4,6-8,14-15H,3,5,9-13H2,(H,22,24). The second-order valence-corrected chi connectivity index (χ2v) is 9.39. The number of hydrogen-bond acceptors (Lipinski definition) is 4. The summed E-state index contributed by atoms with van der Waals surface area (Å²) in [5.41, 5.74) is 1.54. The van der Waals surface area contributed by atoms with E-state index in [0.29, 0.717) is 38.4 Å². The minimum absolute atomic E-state index is 0.135. The van der Waals surface area contributed by atoms with E-state index >= 15 is 0 Å². The van der Waals surface area contributed by atoms with E-state index < -0.39 is 10.0 Å². The molecule has 1 amide bonds. The molecular formula is C20H23BrN2O4S. The Morgan fingerprint density at radius 2 is 1.86 bits per heavy atom. The van der Waals surface area contributed by atoms with E-state index in [2.05, 4.69) is 27.3 Å². The number of sulfonamides is 1. The van der Waals surface area contributed by atoms with Crippen molar-refractivity contribution in [3.63, 3.8) is 0 Å². The summed E-state index contributed by atoms with van der Waals surface area (Å²) in [6.45, 7) is 1.95. The van der Waals surface area contributed by atoms with Crippen molar-refractivity contribution >= 4 is 31.9 Å². The number of nitrogens with one attached hydrogen (secondary N) is 1. The average molecular weight is 467 g/mol. The van der Waals surface area contributed by atoms with Gasteiger partial charge in [0.25, 0.3) is 5.91 Å². The van der Waals surface area contributed by atoms with Crippen LogP contribution in [0.4, 0.5) is 0 Å². The largest absolute Gasteiger partial charge is 0.379 e. The van der Waals surface area contributed by atoms with Crippen molar-refractivity contribution in [3.8, 4) is 0 Å². The van der Waals surface area contributed by atoms with Gasteiger partial charge < -0.3 is 10.1 Å². The maximum Gasteiger partial charge on any atom is 0.251 e. The molecule has 0 radical (unpaired) electrons. The molecule has 1 aliphatic rings. The molecule has 2 aromatic rings. The number of ether oxygens (including phenoxy) is 1. The van der Waals surface area contributed by atoms with Crippen LogP contribution in [0, 0.1) is 0 Å². The molecule has 1 N–H and O–H groups in total. The lowest BCUT2D eigenvalue weighted by atomic mass is 10.1. The van der Waals surface area contributed by atoms with Crippen LogP contribution < -0.4 is 5.32 Å². The topological polar surface area (TPSA) is 75.7 Å². The molecule has 0 aromatic heterocycles. The van der Waals surface area contributed by atoms with Crippen molar-refractivity contribution in [1.82, 2.24) is 9.62 Å². The normalized spacial score (nSPS) is 15.3. The zero-order chi connectivity index (χ0) is 20.0. The molecule has 1 heterocycles. The van der Waals surface area contributed by atoms with E-state index in [4.69, 9.17) is 4.74 Å². The maximum atomic E-state index is 12.7. The molecule has 6 nitrogen and oxygen atoms in total. The summed E-state index contributed by atoms with van der Waals surface area (Å²) in [5.74, 6) is -0.270. The highest BCUT2D eigenvalue weighted by Gasteiger charge is 2.26. The van der Waals surface area contributed by atoms with Crippen LogP contribution in [-0.4, -0.2) is 51.5 Å². The molecular weight excluding hydrogens is 444 g/mol. The number of rotatable bonds is 7. The van der Waals surface area contributed by atoms with Gasteiger partial charge in [-0.1, -0.05) is 34.1 Å². The number of aryl methyl sites for hydroxylation is 1. The van der Waals surface area contributed by atoms with E-state index in [9.17, 15) is 13.2 Å². The van der Waals surface area contributed by atoms with Crippen LogP contribution >= 0.6 is 15.9 Å². The van der Waals surface area contributed by atoms with Crippen LogP contribution in [0.15, 0.2) is 57.9 Å². The molecule has 0 spiro atoms. The minimum Gasteiger partial charge on any atom is -0.379 e. The van der Waals surface area contributed by atoms with Crippen molar-refractivity contribution in [2.75, 3.05) is 32.8 Å². The van der Waals surface area contributed by atoms with Gasteiger partial charge in [-0.2, -0.15) is 4.31 Å². The molecule has 28 heavy (non-hydrogen) atoms. The Morgan fingerprint density at radius 3 is 2.61 bits per heavy atom. The van der Waals surface area contributed by atoms with Crippen molar-refractivity contribution in [2.45, 2.75) is 17.7 Å². The van der Waals surface area contributed by atoms with Crippen molar-refractivity contribution in [3.05, 3.63) is 64.1 Å². The van der Waals surface area contributed by atoms with Gasteiger partial charge in [-0.05, 0) is 48.7 Å². The first kappa shape index (κ1) is 21.0. The molecule has 1 fully saturated rings. The number of halogens is 1. The van der Waals surface area contributed by atoms with Gasteiger partial charge >= 0.3 is 0 Å². The molecule has 0 bridgehead atoms. The number of carbonyl (C=O) groups is 1. The Labute approximate surface area is 174 Å². The lowest BCUT2D eigenvalue weighted by Gasteiger charge is -2.26. The van der Waals surface area contributed by atoms with Crippen LogP contribution in [-0.2, 0) is 21.2 Å². The molecule has 3 rings (SSSR count). The molecule has 2 aromatic carbocycles. The van der Waals surface area contributed by atoms with Crippen LogP contribution in [0.3, 0.4) is 0 Å². The fourth-order valence-electron chi connectivity index (χ4n) is 3.02. The predicted octanol–water partition coefficient (Wildman–Crippen LogP) is 2.83. The zero-order valence-corrected chi connectivity index (χ0v) is 17.8. The number of hydrogen-bond donors (Lipinski definition) is 1. The molecule has 150 valence electrons. The smallest absolute Gasteiger partial charge is 0.251 e. The molecule has 1 aliphatic heterocycles. The summed E-state index contributed by atoms with van der Waals surface area (Å²) >= 11 is 3.45. The van der Waals surface area contributed by atoms with Gasteiger partial charge in [-0.15, -0.1) is 0 Å². The molecule has 8 heteroatoms. The van der Waals surface area contributed by atoms with Crippen molar-refractivity contribution < 1.29 is 17.9 Å². The van der Waals surface area contributed by atoms with Gasteiger partial charge in [0.2, 0.25) is 10.0 Å². The number of benzene rings is 2. The highest BCUT2D eigenvalue weighted by molar-refractivity contribution is 9.10. The van der Waals surface area contributed by atoms with Gasteiger partial charge in [0, 0.05) is 29.7 Å². The van der Waals surface area contributed by atoms with Crippen LogP contribution in [0.2, 0.25) is 0 Å². The van der Waals surface area contributed by atoms with E-state index in [1.165, 1.54) is 22.0 Å². The summed E-state index contributed by atoms with van der Waals surface area (Å²) in [5, 5.41) is 2.86. The second-order valence-electron chi connectivity index (χ2n) is 6.53. The summed E-state index contributed by atoms with van der Waals surface area (Å²) in [6, 6.07) is 14.3. The Bertz CT molecular complexity index is 927. The van der Waals surface area contributed by atoms with E-state index in [-0.39, 0.29) is 10.8 Å². The third-order valence-corrected chi connectivity index (χ3v) is 6.91. The van der Waals surface area contributed by atoms with Gasteiger partial charge in [0.15, 0.2) is 0 Å². The molecule has 0 unspecified atom stereocenters. The second kappa shape index (κ2) is 9.65. The third kappa shape index (κ3) is 5.41. The number of morpholine rings is 1. The average Bonchev–Trinajstić information content (AvgIpc) is 2.72. The quantitative estimate of drug-likeness (QED) is 0.636. The fraction of sp³-hybridized carbons (Fsp3) is 0.350. The van der Waals surface area contributed by atoms with E-state index in [1.807, 2.05) is 18.2 Å². The SMILES string of the molecule is O=C(NCCCc1cccc(Br)c1)c1cccc(S(=O)(=O)N2CCOCC2)c1. The van der Waals surface area contributed by atoms with Crippen molar-refractivity contribution in [1.29, 1.82) is 0 Å². The van der Waals surface area contributed by atoms with E-state index in [1.54, 1.807) is 12.1 Å². The monoisotopic (exact) mass is 466 g/mol. The Balaban J connectivity index is 1.57. The zero-order valence-electron chi connectivity index (χ0n) is 15.4. The molecule has 0 saturated carbocycles. The van der Waals surface area contributed by atoms with Crippen molar-refractivity contribution in [2.24, 2.45) is 0 Å². The van der Waals surface area contributed by atoms with Gasteiger partial charge in [0.1, 0.15) is 0 Å². The summed E-state index contributed by atoms with van der Waals surface area (Å²) in [4.78, 5) is 12.6. The first-order valence-electron chi connectivity index (χ1n) is 9.17. The summed E-state index contributed by atoms with van der Waals surface area (Å²) in [7, 11) is -3.61. The number of nitrogens with zero attached hydrogens (tertiary/aromatic N) is 1. The van der Waals surface area contributed by atoms with Gasteiger partial charge in [0.05, 0.1) is 18.1 Å². The first-order valence-corrected chi connectivity index (χ1v) is 11.4. The maximum absolute atomic E-state index is 12.7. The molecule has 0 aliphatic carbocycles. The highest BCUT2D eigenvalue weighted by Crippen LogP contribution is 2.18. The first-order chi connectivity index (χ1) is 13.5. The highest BCUT2D eigenvalue weighted by atomic mass is 79.9. The fourth-order valence-corrected chi connectivity index (χ4v) is 4.92. The number of amides is 1. The Kier molecular flexibility index (Phi) is 7.23. The van der Waals surface area contributed by atoms with Crippen LogP contribution in [0.1, 0.15) is 22.3 Å². The van der Waals surface area contributed by atoms with E-state index in [0.717, 1.165) is 17.3 Å².